The number of hydrogen-bond acceptors (Lipinski definition) is 1. The molecule has 0 heterocycles. The molecule has 1 fully saturated rings. The van der Waals surface area contributed by atoms with Crippen LogP contribution in [0.2, 0.25) is 5.02 Å². The van der Waals surface area contributed by atoms with Crippen molar-refractivity contribution in [2.45, 2.75) is 44.6 Å². The van der Waals surface area contributed by atoms with Crippen LogP contribution in [-0.2, 0) is 0 Å². The second-order valence-electron chi connectivity index (χ2n) is 5.18. The maximum Gasteiger partial charge on any atom is 0.0410 e. The maximum atomic E-state index is 6.16. The summed E-state index contributed by atoms with van der Waals surface area (Å²) in [6, 6.07) is 6.69. The van der Waals surface area contributed by atoms with Gasteiger partial charge in [0.15, 0.2) is 0 Å². The van der Waals surface area contributed by atoms with E-state index < -0.39 is 0 Å². The smallest absolute Gasteiger partial charge is 0.0410 e. The van der Waals surface area contributed by atoms with Crippen LogP contribution in [0.3, 0.4) is 0 Å². The quantitative estimate of drug-likeness (QED) is 0.565. The van der Waals surface area contributed by atoms with Crippen LogP contribution >= 0.6 is 34.2 Å². The molecule has 1 aliphatic carbocycles. The average molecular weight is 378 g/mol. The second kappa shape index (κ2) is 7.11. The Bertz CT molecular complexity index is 386. The van der Waals surface area contributed by atoms with Gasteiger partial charge in [-0.15, -0.1) is 0 Å². The van der Waals surface area contributed by atoms with Crippen LogP contribution in [0.5, 0.6) is 0 Å². The van der Waals surface area contributed by atoms with Gasteiger partial charge in [0.2, 0.25) is 0 Å². The topological polar surface area (TPSA) is 12.0 Å². The largest absolute Gasteiger partial charge is 0.313 e. The van der Waals surface area contributed by atoms with E-state index in [1.807, 2.05) is 6.07 Å². The van der Waals surface area contributed by atoms with Gasteiger partial charge in [-0.1, -0.05) is 37.3 Å². The summed E-state index contributed by atoms with van der Waals surface area (Å²) < 4.78 is 1.32. The van der Waals surface area contributed by atoms with Crippen LogP contribution in [-0.4, -0.2) is 7.05 Å². The molecule has 0 radical (unpaired) electrons. The predicted octanol–water partition coefficient (Wildman–Crippen LogP) is 5.18. The first-order valence-corrected chi connectivity index (χ1v) is 8.30. The molecule has 1 aromatic carbocycles. The molecule has 1 saturated carbocycles. The van der Waals surface area contributed by atoms with Crippen molar-refractivity contribution >= 4 is 34.2 Å². The van der Waals surface area contributed by atoms with Crippen LogP contribution in [0.1, 0.15) is 50.1 Å². The minimum absolute atomic E-state index is 0.452. The predicted molar refractivity (Wildman–Crippen MR) is 87.2 cm³/mol. The van der Waals surface area contributed by atoms with Crippen molar-refractivity contribution < 1.29 is 0 Å². The van der Waals surface area contributed by atoms with Crippen LogP contribution in [0.4, 0.5) is 0 Å². The van der Waals surface area contributed by atoms with E-state index in [1.54, 1.807) is 0 Å². The summed E-state index contributed by atoms with van der Waals surface area (Å²) in [5.41, 5.74) is 1.37. The molecule has 1 N–H and O–H groups in total. The molecule has 2 rings (SSSR count). The van der Waals surface area contributed by atoms with Gasteiger partial charge >= 0.3 is 0 Å². The van der Waals surface area contributed by atoms with Gasteiger partial charge in [-0.05, 0) is 72.2 Å². The highest BCUT2D eigenvalue weighted by atomic mass is 127. The summed E-state index contributed by atoms with van der Waals surface area (Å²) in [6.45, 7) is 0. The fourth-order valence-electron chi connectivity index (χ4n) is 3.04. The molecule has 0 bridgehead atoms. The summed E-state index contributed by atoms with van der Waals surface area (Å²) in [6.07, 6.45) is 8.24. The van der Waals surface area contributed by atoms with Crippen LogP contribution in [0, 0.1) is 9.49 Å². The van der Waals surface area contributed by atoms with E-state index in [2.05, 4.69) is 47.1 Å². The first-order chi connectivity index (χ1) is 8.72. The summed E-state index contributed by atoms with van der Waals surface area (Å²) >= 11 is 8.58. The van der Waals surface area contributed by atoms with Crippen molar-refractivity contribution in [2.24, 2.45) is 5.92 Å². The highest BCUT2D eigenvalue weighted by Crippen LogP contribution is 2.35. The van der Waals surface area contributed by atoms with Crippen molar-refractivity contribution in [2.75, 3.05) is 7.05 Å². The summed E-state index contributed by atoms with van der Waals surface area (Å²) in [4.78, 5) is 0. The molecule has 0 spiro atoms. The maximum absolute atomic E-state index is 6.16. The van der Waals surface area contributed by atoms with Gasteiger partial charge in [-0.3, -0.25) is 0 Å². The molecule has 3 heteroatoms. The van der Waals surface area contributed by atoms with Crippen molar-refractivity contribution in [1.82, 2.24) is 5.32 Å². The fourth-order valence-corrected chi connectivity index (χ4v) is 3.89. The molecule has 0 saturated heterocycles. The van der Waals surface area contributed by atoms with Gasteiger partial charge in [0.25, 0.3) is 0 Å². The number of halogens is 2. The highest BCUT2D eigenvalue weighted by Gasteiger charge is 2.24. The molecule has 1 aromatic rings. The lowest BCUT2D eigenvalue weighted by atomic mass is 9.87. The van der Waals surface area contributed by atoms with Crippen molar-refractivity contribution in [1.29, 1.82) is 0 Å². The van der Waals surface area contributed by atoms with E-state index in [0.29, 0.717) is 6.04 Å². The third-order valence-corrected chi connectivity index (χ3v) is 5.19. The zero-order valence-corrected chi connectivity index (χ0v) is 13.8. The lowest BCUT2D eigenvalue weighted by molar-refractivity contribution is 0.340. The van der Waals surface area contributed by atoms with Gasteiger partial charge < -0.3 is 5.32 Å². The Labute approximate surface area is 129 Å². The van der Waals surface area contributed by atoms with Crippen LogP contribution in [0.15, 0.2) is 18.2 Å². The minimum Gasteiger partial charge on any atom is -0.313 e. The SMILES string of the molecule is CNC(c1cc(Cl)ccc1I)C1CCCCCC1. The molecule has 1 unspecified atom stereocenters. The number of nitrogens with one attached hydrogen (secondary N) is 1. The third kappa shape index (κ3) is 3.61. The number of rotatable bonds is 3. The third-order valence-electron chi connectivity index (χ3n) is 3.98. The minimum atomic E-state index is 0.452. The fraction of sp³-hybridized carbons (Fsp3) is 0.600. The Balaban J connectivity index is 2.23. The van der Waals surface area contributed by atoms with Crippen LogP contribution in [0.25, 0.3) is 0 Å². The summed E-state index contributed by atoms with van der Waals surface area (Å²) in [7, 11) is 2.08. The van der Waals surface area contributed by atoms with E-state index in [-0.39, 0.29) is 0 Å². The van der Waals surface area contributed by atoms with Gasteiger partial charge in [0.05, 0.1) is 0 Å². The summed E-state index contributed by atoms with van der Waals surface area (Å²) in [5.74, 6) is 0.754. The monoisotopic (exact) mass is 377 g/mol. The Morgan fingerprint density at radius 3 is 2.50 bits per heavy atom. The van der Waals surface area contributed by atoms with Gasteiger partial charge in [0.1, 0.15) is 0 Å². The van der Waals surface area contributed by atoms with Gasteiger partial charge in [0, 0.05) is 14.6 Å². The van der Waals surface area contributed by atoms with E-state index in [1.165, 1.54) is 47.7 Å². The lowest BCUT2D eigenvalue weighted by Crippen LogP contribution is -2.26. The molecule has 0 amide bonds. The lowest BCUT2D eigenvalue weighted by Gasteiger charge is -2.27. The molecule has 1 atom stereocenters. The first kappa shape index (κ1) is 14.6. The molecule has 1 aliphatic rings. The molecular weight excluding hydrogens is 357 g/mol. The van der Waals surface area contributed by atoms with Crippen LogP contribution < -0.4 is 5.32 Å². The van der Waals surface area contributed by atoms with Gasteiger partial charge in [-0.25, -0.2) is 0 Å². The Morgan fingerprint density at radius 2 is 1.89 bits per heavy atom. The van der Waals surface area contributed by atoms with Crippen molar-refractivity contribution in [3.8, 4) is 0 Å². The summed E-state index contributed by atoms with van der Waals surface area (Å²) in [5, 5.41) is 4.37. The number of benzene rings is 1. The molecule has 100 valence electrons. The zero-order chi connectivity index (χ0) is 13.0. The Hall–Kier alpha value is 0.200. The zero-order valence-electron chi connectivity index (χ0n) is 10.9. The second-order valence-corrected chi connectivity index (χ2v) is 6.78. The van der Waals surface area contributed by atoms with E-state index >= 15 is 0 Å². The van der Waals surface area contributed by atoms with E-state index in [0.717, 1.165) is 10.9 Å². The number of hydrogen-bond donors (Lipinski definition) is 1. The van der Waals surface area contributed by atoms with Crippen molar-refractivity contribution in [3.05, 3.63) is 32.4 Å². The Kier molecular flexibility index (Phi) is 5.77. The molecule has 1 nitrogen and oxygen atoms in total. The average Bonchev–Trinajstić information content (AvgIpc) is 2.64. The molecule has 18 heavy (non-hydrogen) atoms. The standard InChI is InChI=1S/C15H21ClIN/c1-18-15(11-6-4-2-3-5-7-11)13-10-12(16)8-9-14(13)17/h8-11,15,18H,2-7H2,1H3. The van der Waals surface area contributed by atoms with Crippen molar-refractivity contribution in [3.63, 3.8) is 0 Å². The molecular formula is C15H21ClIN. The Morgan fingerprint density at radius 1 is 1.22 bits per heavy atom. The highest BCUT2D eigenvalue weighted by molar-refractivity contribution is 14.1. The van der Waals surface area contributed by atoms with E-state index in [4.69, 9.17) is 11.6 Å². The van der Waals surface area contributed by atoms with E-state index in [9.17, 15) is 0 Å². The molecule has 0 aliphatic heterocycles. The molecule has 0 aromatic heterocycles. The first-order valence-electron chi connectivity index (χ1n) is 6.84. The van der Waals surface area contributed by atoms with Gasteiger partial charge in [-0.2, -0.15) is 0 Å². The normalized spacial score (nSPS) is 19.5.